The smallest absolute Gasteiger partial charge is 0.249 e. The first kappa shape index (κ1) is 17.9. The van der Waals surface area contributed by atoms with Gasteiger partial charge < -0.3 is 9.64 Å². The largest absolute Gasteiger partial charge is 0.369 e. The molecular formula is C15H25N3O4S. The number of ether oxygens (including phenoxy) is 1. The van der Waals surface area contributed by atoms with Gasteiger partial charge in [0.1, 0.15) is 6.61 Å². The highest BCUT2D eigenvalue weighted by molar-refractivity contribution is 7.91. The van der Waals surface area contributed by atoms with Crippen molar-refractivity contribution in [1.29, 1.82) is 0 Å². The molecule has 0 aliphatic carbocycles. The lowest BCUT2D eigenvalue weighted by Crippen LogP contribution is -2.47. The number of aryl methyl sites for hydroxylation is 1. The summed E-state index contributed by atoms with van der Waals surface area (Å²) in [5, 5.41) is 4.19. The summed E-state index contributed by atoms with van der Waals surface area (Å²) in [6.07, 6.45) is 4.29. The summed E-state index contributed by atoms with van der Waals surface area (Å²) >= 11 is 0. The Morgan fingerprint density at radius 3 is 2.83 bits per heavy atom. The fraction of sp³-hybridized carbons (Fsp3) is 0.733. The van der Waals surface area contributed by atoms with Crippen LogP contribution in [0.25, 0.3) is 0 Å². The third-order valence-corrected chi connectivity index (χ3v) is 5.81. The van der Waals surface area contributed by atoms with Gasteiger partial charge in [0.25, 0.3) is 0 Å². The van der Waals surface area contributed by atoms with Crippen LogP contribution in [0.2, 0.25) is 0 Å². The maximum Gasteiger partial charge on any atom is 0.249 e. The van der Waals surface area contributed by atoms with E-state index in [1.807, 2.05) is 20.8 Å². The molecule has 0 unspecified atom stereocenters. The zero-order valence-electron chi connectivity index (χ0n) is 13.9. The van der Waals surface area contributed by atoms with E-state index in [1.165, 1.54) is 0 Å². The Labute approximate surface area is 137 Å². The van der Waals surface area contributed by atoms with Crippen LogP contribution in [-0.2, 0) is 25.9 Å². The summed E-state index contributed by atoms with van der Waals surface area (Å²) in [7, 11) is -3.15. The van der Waals surface area contributed by atoms with Gasteiger partial charge in [0.2, 0.25) is 5.91 Å². The van der Waals surface area contributed by atoms with Gasteiger partial charge in [-0.25, -0.2) is 8.42 Å². The number of aromatic nitrogens is 2. The number of hydrogen-bond acceptors (Lipinski definition) is 5. The minimum absolute atomic E-state index is 0.000482. The molecule has 1 saturated heterocycles. The molecule has 1 amide bonds. The maximum absolute atomic E-state index is 12.5. The topological polar surface area (TPSA) is 81.5 Å². The molecule has 0 aromatic carbocycles. The molecule has 2 heterocycles. The van der Waals surface area contributed by atoms with Crippen molar-refractivity contribution >= 4 is 15.7 Å². The Morgan fingerprint density at radius 1 is 1.48 bits per heavy atom. The molecule has 1 aromatic heterocycles. The molecule has 7 nitrogen and oxygen atoms in total. The van der Waals surface area contributed by atoms with Crippen LogP contribution in [-0.4, -0.2) is 59.8 Å². The highest BCUT2D eigenvalue weighted by atomic mass is 32.2. The second-order valence-corrected chi connectivity index (χ2v) is 8.11. The number of hydrogen-bond donors (Lipinski definition) is 0. The van der Waals surface area contributed by atoms with Crippen LogP contribution in [0.1, 0.15) is 38.8 Å². The summed E-state index contributed by atoms with van der Waals surface area (Å²) in [6.45, 7) is 6.74. The van der Waals surface area contributed by atoms with Crippen molar-refractivity contribution in [3.8, 4) is 0 Å². The standard InChI is InChI=1S/C15H25N3O4S/c1-4-12(3)22-10-15(19)18-6-7-23(20,21)11-14(18)13-8-16-17(5-2)9-13/h8-9,12,14H,4-7,10-11H2,1-3H3/t12-,14+/m1/s1. The second kappa shape index (κ2) is 7.44. The summed E-state index contributed by atoms with van der Waals surface area (Å²) in [5.41, 5.74) is 0.756. The number of amides is 1. The quantitative estimate of drug-likeness (QED) is 0.770. The number of rotatable bonds is 6. The monoisotopic (exact) mass is 343 g/mol. The molecule has 2 atom stereocenters. The van der Waals surface area contributed by atoms with Crippen LogP contribution < -0.4 is 0 Å². The summed E-state index contributed by atoms with van der Waals surface area (Å²) in [4.78, 5) is 14.1. The molecule has 0 radical (unpaired) electrons. The van der Waals surface area contributed by atoms with Gasteiger partial charge in [-0.3, -0.25) is 9.48 Å². The van der Waals surface area contributed by atoms with E-state index in [-0.39, 0.29) is 36.7 Å². The number of carbonyl (C=O) groups is 1. The van der Waals surface area contributed by atoms with Crippen molar-refractivity contribution in [2.75, 3.05) is 24.7 Å². The number of nitrogens with zero attached hydrogens (tertiary/aromatic N) is 3. The predicted molar refractivity (Wildman–Crippen MR) is 86.7 cm³/mol. The van der Waals surface area contributed by atoms with Gasteiger partial charge in [-0.15, -0.1) is 0 Å². The molecular weight excluding hydrogens is 318 g/mol. The second-order valence-electron chi connectivity index (χ2n) is 5.88. The zero-order chi connectivity index (χ0) is 17.0. The van der Waals surface area contributed by atoms with E-state index < -0.39 is 15.9 Å². The van der Waals surface area contributed by atoms with Crippen LogP contribution in [0, 0.1) is 0 Å². The zero-order valence-corrected chi connectivity index (χ0v) is 14.8. The average Bonchev–Trinajstić information content (AvgIpc) is 3.00. The summed E-state index contributed by atoms with van der Waals surface area (Å²) in [5.74, 6) is -0.229. The molecule has 1 fully saturated rings. The molecule has 0 bridgehead atoms. The molecule has 0 saturated carbocycles. The van der Waals surface area contributed by atoms with E-state index >= 15 is 0 Å². The molecule has 8 heteroatoms. The van der Waals surface area contributed by atoms with Crippen LogP contribution >= 0.6 is 0 Å². The minimum Gasteiger partial charge on any atom is -0.369 e. The maximum atomic E-state index is 12.5. The first-order valence-corrected chi connectivity index (χ1v) is 9.82. The number of sulfone groups is 1. The Hall–Kier alpha value is -1.41. The van der Waals surface area contributed by atoms with Crippen molar-refractivity contribution in [3.63, 3.8) is 0 Å². The third kappa shape index (κ3) is 4.54. The van der Waals surface area contributed by atoms with Gasteiger partial charge >= 0.3 is 0 Å². The van der Waals surface area contributed by atoms with Gasteiger partial charge in [0, 0.05) is 24.8 Å². The Bertz CT molecular complexity index is 641. The number of carbonyl (C=O) groups excluding carboxylic acids is 1. The third-order valence-electron chi connectivity index (χ3n) is 4.18. The Morgan fingerprint density at radius 2 is 2.22 bits per heavy atom. The highest BCUT2D eigenvalue weighted by Gasteiger charge is 2.35. The van der Waals surface area contributed by atoms with Gasteiger partial charge in [-0.1, -0.05) is 6.92 Å². The first-order chi connectivity index (χ1) is 10.9. The van der Waals surface area contributed by atoms with Crippen molar-refractivity contribution in [3.05, 3.63) is 18.0 Å². The molecule has 130 valence electrons. The first-order valence-electron chi connectivity index (χ1n) is 8.00. The van der Waals surface area contributed by atoms with E-state index in [4.69, 9.17) is 4.74 Å². The van der Waals surface area contributed by atoms with E-state index in [1.54, 1.807) is 22.0 Å². The van der Waals surface area contributed by atoms with E-state index in [0.717, 1.165) is 12.0 Å². The van der Waals surface area contributed by atoms with Crippen molar-refractivity contribution in [2.24, 2.45) is 0 Å². The van der Waals surface area contributed by atoms with Gasteiger partial charge in [-0.05, 0) is 20.3 Å². The summed E-state index contributed by atoms with van der Waals surface area (Å²) < 4.78 is 31.2. The minimum atomic E-state index is -3.15. The normalized spacial score (nSPS) is 22.0. The van der Waals surface area contributed by atoms with Gasteiger partial charge in [0.05, 0.1) is 29.8 Å². The molecule has 0 spiro atoms. The van der Waals surface area contributed by atoms with Crippen LogP contribution in [0.3, 0.4) is 0 Å². The average molecular weight is 343 g/mol. The molecule has 2 rings (SSSR count). The molecule has 23 heavy (non-hydrogen) atoms. The Balaban J connectivity index is 2.16. The van der Waals surface area contributed by atoms with Crippen molar-refractivity contribution in [1.82, 2.24) is 14.7 Å². The summed E-state index contributed by atoms with van der Waals surface area (Å²) in [6, 6.07) is -0.484. The van der Waals surface area contributed by atoms with Crippen LogP contribution in [0.5, 0.6) is 0 Å². The highest BCUT2D eigenvalue weighted by Crippen LogP contribution is 2.26. The van der Waals surface area contributed by atoms with E-state index in [0.29, 0.717) is 6.54 Å². The van der Waals surface area contributed by atoms with Crippen LogP contribution in [0.4, 0.5) is 0 Å². The van der Waals surface area contributed by atoms with Crippen molar-refractivity contribution < 1.29 is 17.9 Å². The van der Waals surface area contributed by atoms with Crippen molar-refractivity contribution in [2.45, 2.75) is 45.9 Å². The lowest BCUT2D eigenvalue weighted by Gasteiger charge is -2.35. The van der Waals surface area contributed by atoms with Crippen LogP contribution in [0.15, 0.2) is 12.4 Å². The molecule has 1 aliphatic rings. The fourth-order valence-corrected chi connectivity index (χ4v) is 4.02. The van der Waals surface area contributed by atoms with Gasteiger partial charge in [0.15, 0.2) is 9.84 Å². The molecule has 1 aliphatic heterocycles. The lowest BCUT2D eigenvalue weighted by atomic mass is 10.1. The van der Waals surface area contributed by atoms with E-state index in [9.17, 15) is 13.2 Å². The van der Waals surface area contributed by atoms with Gasteiger partial charge in [-0.2, -0.15) is 5.10 Å². The SMILES string of the molecule is CC[C@@H](C)OCC(=O)N1CCS(=O)(=O)C[C@H]1c1cnn(CC)c1. The Kier molecular flexibility index (Phi) is 5.80. The predicted octanol–water partition coefficient (Wildman–Crippen LogP) is 1.02. The van der Waals surface area contributed by atoms with E-state index in [2.05, 4.69) is 5.10 Å². The lowest BCUT2D eigenvalue weighted by molar-refractivity contribution is -0.140. The molecule has 1 aromatic rings. The molecule has 0 N–H and O–H groups in total. The fourth-order valence-electron chi connectivity index (χ4n) is 2.52.